The molecule has 2 aromatic heterocycles. The summed E-state index contributed by atoms with van der Waals surface area (Å²) in [4.78, 5) is 9.74. The van der Waals surface area contributed by atoms with E-state index < -0.39 is 10.0 Å². The van der Waals surface area contributed by atoms with Crippen molar-refractivity contribution in [1.29, 1.82) is 5.26 Å². The van der Waals surface area contributed by atoms with E-state index in [2.05, 4.69) is 14.9 Å². The van der Waals surface area contributed by atoms with E-state index in [0.717, 1.165) is 29.6 Å². The van der Waals surface area contributed by atoms with Gasteiger partial charge in [0.2, 0.25) is 10.0 Å². The number of nitriles is 1. The third-order valence-corrected chi connectivity index (χ3v) is 7.21. The summed E-state index contributed by atoms with van der Waals surface area (Å²) in [6, 6.07) is 12.0. The highest BCUT2D eigenvalue weighted by Gasteiger charge is 2.36. The van der Waals surface area contributed by atoms with Crippen LogP contribution >= 0.6 is 0 Å². The molecule has 1 aliphatic rings. The number of sulfonamides is 1. The maximum atomic E-state index is 13.1. The number of H-pyrrole nitrogens is 1. The van der Waals surface area contributed by atoms with Crippen LogP contribution in [0.25, 0.3) is 11.0 Å². The second-order valence-electron chi connectivity index (χ2n) is 7.00. The molecule has 144 valence electrons. The van der Waals surface area contributed by atoms with Gasteiger partial charge < -0.3 is 9.88 Å². The Bertz CT molecular complexity index is 1130. The van der Waals surface area contributed by atoms with E-state index in [-0.39, 0.29) is 10.9 Å². The van der Waals surface area contributed by atoms with E-state index in [4.69, 9.17) is 5.26 Å². The van der Waals surface area contributed by atoms with E-state index in [1.165, 1.54) is 12.1 Å². The summed E-state index contributed by atoms with van der Waals surface area (Å²) >= 11 is 0. The number of fused-ring (bicyclic) bond motifs is 1. The van der Waals surface area contributed by atoms with E-state index in [9.17, 15) is 8.42 Å². The van der Waals surface area contributed by atoms with Crippen LogP contribution in [-0.4, -0.2) is 48.9 Å². The van der Waals surface area contributed by atoms with Crippen molar-refractivity contribution in [2.45, 2.75) is 23.8 Å². The maximum absolute atomic E-state index is 13.1. The molecule has 0 radical (unpaired) electrons. The number of aromatic nitrogens is 2. The Balaban J connectivity index is 1.58. The molecule has 1 atom stereocenters. The molecule has 7 nitrogen and oxygen atoms in total. The van der Waals surface area contributed by atoms with Crippen molar-refractivity contribution < 1.29 is 8.42 Å². The second kappa shape index (κ2) is 7.26. The minimum atomic E-state index is -3.59. The molecule has 1 fully saturated rings. The molecule has 1 aromatic carbocycles. The highest BCUT2D eigenvalue weighted by molar-refractivity contribution is 7.89. The van der Waals surface area contributed by atoms with Crippen molar-refractivity contribution in [2.75, 3.05) is 25.0 Å². The van der Waals surface area contributed by atoms with Gasteiger partial charge in [0.05, 0.1) is 16.5 Å². The number of rotatable bonds is 5. The van der Waals surface area contributed by atoms with Crippen LogP contribution in [0.2, 0.25) is 0 Å². The molecular weight excluding hydrogens is 374 g/mol. The molecule has 3 heterocycles. The lowest BCUT2D eigenvalue weighted by Crippen LogP contribution is -2.42. The zero-order valence-electron chi connectivity index (χ0n) is 15.5. The molecule has 0 aliphatic carbocycles. The van der Waals surface area contributed by atoms with Crippen molar-refractivity contribution in [3.8, 4) is 6.07 Å². The number of nitrogens with zero attached hydrogens (tertiary/aromatic N) is 4. The summed E-state index contributed by atoms with van der Waals surface area (Å²) in [6.07, 6.45) is 5.27. The van der Waals surface area contributed by atoms with Crippen LogP contribution in [0.3, 0.4) is 0 Å². The topological polar surface area (TPSA) is 93.1 Å². The zero-order valence-corrected chi connectivity index (χ0v) is 16.4. The number of likely N-dealkylation sites (N-methyl/N-ethyl adjacent to an activating group) is 1. The molecule has 1 unspecified atom stereocenters. The lowest BCUT2D eigenvalue weighted by Gasteiger charge is -2.29. The SMILES string of the molecule is CN(CC1CCCN1S(=O)(=O)c1ccc(C#N)cc1)c1ccnc2[nH]ccc12. The summed E-state index contributed by atoms with van der Waals surface area (Å²) in [7, 11) is -1.61. The zero-order chi connectivity index (χ0) is 19.7. The Morgan fingerprint density at radius 1 is 1.29 bits per heavy atom. The number of benzene rings is 1. The normalized spacial score (nSPS) is 17.6. The Morgan fingerprint density at radius 3 is 2.82 bits per heavy atom. The van der Waals surface area contributed by atoms with Gasteiger partial charge in [0.1, 0.15) is 5.65 Å². The second-order valence-corrected chi connectivity index (χ2v) is 8.89. The first-order valence-electron chi connectivity index (χ1n) is 9.16. The number of nitrogens with one attached hydrogen (secondary N) is 1. The Labute approximate surface area is 164 Å². The van der Waals surface area contributed by atoms with E-state index in [1.807, 2.05) is 31.4 Å². The molecule has 4 rings (SSSR count). The molecule has 0 bridgehead atoms. The number of aromatic amines is 1. The van der Waals surface area contributed by atoms with Crippen molar-refractivity contribution in [3.05, 3.63) is 54.4 Å². The molecule has 1 aliphatic heterocycles. The van der Waals surface area contributed by atoms with Gasteiger partial charge >= 0.3 is 0 Å². The fraction of sp³-hybridized carbons (Fsp3) is 0.300. The number of pyridine rings is 1. The average molecular weight is 395 g/mol. The quantitative estimate of drug-likeness (QED) is 0.717. The van der Waals surface area contributed by atoms with Gasteiger partial charge in [0.25, 0.3) is 0 Å². The maximum Gasteiger partial charge on any atom is 0.243 e. The highest BCUT2D eigenvalue weighted by atomic mass is 32.2. The van der Waals surface area contributed by atoms with Gasteiger partial charge in [-0.2, -0.15) is 9.57 Å². The van der Waals surface area contributed by atoms with Crippen LogP contribution in [0.5, 0.6) is 0 Å². The molecule has 0 saturated carbocycles. The fourth-order valence-corrected chi connectivity index (χ4v) is 5.52. The largest absolute Gasteiger partial charge is 0.372 e. The lowest BCUT2D eigenvalue weighted by atomic mass is 10.2. The molecule has 3 aromatic rings. The average Bonchev–Trinajstić information content (AvgIpc) is 3.37. The fourth-order valence-electron chi connectivity index (χ4n) is 3.84. The minimum Gasteiger partial charge on any atom is -0.372 e. The van der Waals surface area contributed by atoms with Gasteiger partial charge in [-0.3, -0.25) is 0 Å². The molecule has 8 heteroatoms. The van der Waals surface area contributed by atoms with E-state index in [1.54, 1.807) is 22.6 Å². The van der Waals surface area contributed by atoms with Crippen LogP contribution in [0.4, 0.5) is 5.69 Å². The Hall–Kier alpha value is -2.89. The van der Waals surface area contributed by atoms with Crippen LogP contribution in [-0.2, 0) is 10.0 Å². The smallest absolute Gasteiger partial charge is 0.243 e. The molecule has 1 N–H and O–H groups in total. The van der Waals surface area contributed by atoms with Crippen molar-refractivity contribution in [3.63, 3.8) is 0 Å². The minimum absolute atomic E-state index is 0.104. The van der Waals surface area contributed by atoms with Gasteiger partial charge in [0.15, 0.2) is 0 Å². The highest BCUT2D eigenvalue weighted by Crippen LogP contribution is 2.29. The molecule has 0 amide bonds. The Morgan fingerprint density at radius 2 is 2.07 bits per heavy atom. The number of hydrogen-bond donors (Lipinski definition) is 1. The van der Waals surface area contributed by atoms with Crippen LogP contribution in [0.1, 0.15) is 18.4 Å². The van der Waals surface area contributed by atoms with Gasteiger partial charge in [-0.05, 0) is 49.2 Å². The summed E-state index contributed by atoms with van der Waals surface area (Å²) < 4.78 is 27.9. The molecule has 28 heavy (non-hydrogen) atoms. The summed E-state index contributed by atoms with van der Waals surface area (Å²) in [5.41, 5.74) is 2.29. The van der Waals surface area contributed by atoms with E-state index in [0.29, 0.717) is 18.7 Å². The molecule has 0 spiro atoms. The van der Waals surface area contributed by atoms with Crippen LogP contribution in [0, 0.1) is 11.3 Å². The van der Waals surface area contributed by atoms with Crippen LogP contribution < -0.4 is 4.90 Å². The first-order valence-corrected chi connectivity index (χ1v) is 10.6. The monoisotopic (exact) mass is 395 g/mol. The van der Waals surface area contributed by atoms with E-state index >= 15 is 0 Å². The van der Waals surface area contributed by atoms with Crippen LogP contribution in [0.15, 0.2) is 53.7 Å². The summed E-state index contributed by atoms with van der Waals surface area (Å²) in [5.74, 6) is 0. The van der Waals surface area contributed by atoms with Gasteiger partial charge in [-0.1, -0.05) is 0 Å². The van der Waals surface area contributed by atoms with Crippen molar-refractivity contribution >= 4 is 26.7 Å². The lowest BCUT2D eigenvalue weighted by molar-refractivity contribution is 0.389. The predicted octanol–water partition coefficient (Wildman–Crippen LogP) is 2.72. The number of anilines is 1. The van der Waals surface area contributed by atoms with Gasteiger partial charge in [-0.25, -0.2) is 13.4 Å². The summed E-state index contributed by atoms with van der Waals surface area (Å²) in [6.45, 7) is 1.11. The Kier molecular flexibility index (Phi) is 4.79. The predicted molar refractivity (Wildman–Crippen MR) is 107 cm³/mol. The number of hydrogen-bond acceptors (Lipinski definition) is 5. The van der Waals surface area contributed by atoms with Gasteiger partial charge in [0, 0.05) is 49.6 Å². The first kappa shape index (κ1) is 18.5. The molecule has 1 saturated heterocycles. The van der Waals surface area contributed by atoms with Crippen molar-refractivity contribution in [2.24, 2.45) is 0 Å². The first-order chi connectivity index (χ1) is 13.5. The third kappa shape index (κ3) is 3.23. The standard InChI is InChI=1S/C20H21N5O2S/c1-24(19-9-11-23-20-18(19)8-10-22-20)14-16-3-2-12-25(16)28(26,27)17-6-4-15(13-21)5-7-17/h4-11,16H,2-3,12,14H2,1H3,(H,22,23). The summed E-state index contributed by atoms with van der Waals surface area (Å²) in [5, 5.41) is 9.95. The third-order valence-electron chi connectivity index (χ3n) is 5.25. The van der Waals surface area contributed by atoms with Crippen molar-refractivity contribution in [1.82, 2.24) is 14.3 Å². The van der Waals surface area contributed by atoms with Gasteiger partial charge in [-0.15, -0.1) is 0 Å². The molecular formula is C20H21N5O2S.